The molecule has 0 aliphatic carbocycles. The third-order valence-electron chi connectivity index (χ3n) is 3.94. The van der Waals surface area contributed by atoms with Gasteiger partial charge in [0, 0.05) is 12.0 Å². The van der Waals surface area contributed by atoms with Crippen molar-refractivity contribution < 1.29 is 22.6 Å². The number of hydrogen-bond acceptors (Lipinski definition) is 6. The van der Waals surface area contributed by atoms with Gasteiger partial charge in [-0.1, -0.05) is 0 Å². The van der Waals surface area contributed by atoms with Gasteiger partial charge in [-0.05, 0) is 56.3 Å². The normalized spacial score (nSPS) is 14.4. The van der Waals surface area contributed by atoms with E-state index >= 15 is 0 Å². The molecule has 0 unspecified atom stereocenters. The van der Waals surface area contributed by atoms with E-state index in [-0.39, 0.29) is 4.90 Å². The molecule has 8 heteroatoms. The Morgan fingerprint density at radius 3 is 2.52 bits per heavy atom. The monoisotopic (exact) mass is 390 g/mol. The number of sulfonamides is 1. The Labute approximate surface area is 159 Å². The molecule has 3 rings (SSSR count). The minimum Gasteiger partial charge on any atom is -0.494 e. The quantitative estimate of drug-likeness (QED) is 0.605. The number of nitrogens with one attached hydrogen (secondary N) is 1. The fourth-order valence-corrected chi connectivity index (χ4v) is 3.37. The smallest absolute Gasteiger partial charge is 0.276 e. The van der Waals surface area contributed by atoms with E-state index < -0.39 is 10.0 Å². The highest BCUT2D eigenvalue weighted by Gasteiger charge is 2.15. The zero-order valence-corrected chi connectivity index (χ0v) is 16.1. The summed E-state index contributed by atoms with van der Waals surface area (Å²) in [5.74, 6) is 1.93. The number of hydrogen-bond donors (Lipinski definition) is 1. The Hall–Kier alpha value is -2.74. The van der Waals surface area contributed by atoms with Crippen LogP contribution in [-0.4, -0.2) is 34.0 Å². The predicted octanol–water partition coefficient (Wildman–Crippen LogP) is 2.95. The molecule has 7 nitrogen and oxygen atoms in total. The van der Waals surface area contributed by atoms with Gasteiger partial charge in [-0.2, -0.15) is 18.4 Å². The minimum absolute atomic E-state index is 0.112. The lowest BCUT2D eigenvalue weighted by atomic mass is 10.1. The molecule has 0 spiro atoms. The fraction of sp³-hybridized carbons (Fsp3) is 0.316. The number of hydrazone groups is 1. The Balaban J connectivity index is 1.75. The second-order valence-electron chi connectivity index (χ2n) is 5.91. The summed E-state index contributed by atoms with van der Waals surface area (Å²) >= 11 is 0. The van der Waals surface area contributed by atoms with Crippen LogP contribution in [0, 0.1) is 0 Å². The Bertz CT molecular complexity index is 924. The molecule has 0 radical (unpaired) electrons. The van der Waals surface area contributed by atoms with Crippen LogP contribution < -0.4 is 19.0 Å². The average Bonchev–Trinajstić information content (AvgIpc) is 2.91. The molecule has 0 saturated heterocycles. The summed E-state index contributed by atoms with van der Waals surface area (Å²) in [5.41, 5.74) is 1.26. The summed E-state index contributed by atoms with van der Waals surface area (Å²) in [5, 5.41) is 4.02. The molecular formula is C19H22N2O5S. The van der Waals surface area contributed by atoms with Gasteiger partial charge in [0.2, 0.25) is 0 Å². The van der Waals surface area contributed by atoms with Crippen molar-refractivity contribution in [3.63, 3.8) is 0 Å². The molecule has 0 atom stereocenters. The summed E-state index contributed by atoms with van der Waals surface area (Å²) in [6.45, 7) is 5.30. The van der Waals surface area contributed by atoms with Gasteiger partial charge in [0.1, 0.15) is 5.75 Å². The van der Waals surface area contributed by atoms with Crippen molar-refractivity contribution in [2.45, 2.75) is 25.2 Å². The third-order valence-corrected chi connectivity index (χ3v) is 5.17. The van der Waals surface area contributed by atoms with E-state index in [4.69, 9.17) is 14.2 Å². The maximum Gasteiger partial charge on any atom is 0.276 e. The van der Waals surface area contributed by atoms with Crippen LogP contribution in [0.1, 0.15) is 25.8 Å². The van der Waals surface area contributed by atoms with Crippen molar-refractivity contribution >= 4 is 15.7 Å². The van der Waals surface area contributed by atoms with Crippen LogP contribution in [0.4, 0.5) is 0 Å². The van der Waals surface area contributed by atoms with Gasteiger partial charge in [0.15, 0.2) is 11.5 Å². The van der Waals surface area contributed by atoms with E-state index in [1.807, 2.05) is 13.0 Å². The van der Waals surface area contributed by atoms with Crippen molar-refractivity contribution in [2.24, 2.45) is 5.10 Å². The standard InChI is InChI=1S/C19H22N2O5S/c1-3-24-16-6-8-17(9-7-16)27(22,23)21-20-14(2)15-5-10-18-19(13-15)26-12-4-11-25-18/h5-10,13,21H,3-4,11-12H2,1-2H3/b20-14-. The van der Waals surface area contributed by atoms with Crippen LogP contribution in [0.3, 0.4) is 0 Å². The average molecular weight is 390 g/mol. The van der Waals surface area contributed by atoms with E-state index in [9.17, 15) is 8.42 Å². The van der Waals surface area contributed by atoms with Crippen LogP contribution in [0.15, 0.2) is 52.5 Å². The summed E-state index contributed by atoms with van der Waals surface area (Å²) in [7, 11) is -3.77. The van der Waals surface area contributed by atoms with Gasteiger partial charge < -0.3 is 14.2 Å². The zero-order chi connectivity index (χ0) is 19.3. The molecular weight excluding hydrogens is 368 g/mol. The highest BCUT2D eigenvalue weighted by Crippen LogP contribution is 2.30. The molecule has 27 heavy (non-hydrogen) atoms. The van der Waals surface area contributed by atoms with Gasteiger partial charge in [0.05, 0.1) is 30.4 Å². The van der Waals surface area contributed by atoms with Gasteiger partial charge in [-0.3, -0.25) is 0 Å². The van der Waals surface area contributed by atoms with Crippen LogP contribution in [-0.2, 0) is 10.0 Å². The number of fused-ring (bicyclic) bond motifs is 1. The first-order valence-corrected chi connectivity index (χ1v) is 10.2. The van der Waals surface area contributed by atoms with E-state index in [0.717, 1.165) is 12.0 Å². The predicted molar refractivity (Wildman–Crippen MR) is 102 cm³/mol. The summed E-state index contributed by atoms with van der Waals surface area (Å²) in [4.78, 5) is 2.38. The lowest BCUT2D eigenvalue weighted by Crippen LogP contribution is -2.20. The van der Waals surface area contributed by atoms with Crippen molar-refractivity contribution in [2.75, 3.05) is 19.8 Å². The van der Waals surface area contributed by atoms with Gasteiger partial charge in [0.25, 0.3) is 10.0 Å². The number of ether oxygens (including phenoxy) is 3. The SMILES string of the molecule is CCOc1ccc(S(=O)(=O)N/N=C(/C)c2ccc3c(c2)OCCCO3)cc1. The molecule has 0 aromatic heterocycles. The molecule has 1 N–H and O–H groups in total. The molecule has 144 valence electrons. The number of rotatable bonds is 6. The minimum atomic E-state index is -3.77. The van der Waals surface area contributed by atoms with Gasteiger partial charge in [-0.15, -0.1) is 0 Å². The zero-order valence-electron chi connectivity index (χ0n) is 15.3. The van der Waals surface area contributed by atoms with Gasteiger partial charge >= 0.3 is 0 Å². The highest BCUT2D eigenvalue weighted by molar-refractivity contribution is 7.89. The largest absolute Gasteiger partial charge is 0.494 e. The van der Waals surface area contributed by atoms with E-state index in [1.54, 1.807) is 31.2 Å². The van der Waals surface area contributed by atoms with E-state index in [1.165, 1.54) is 12.1 Å². The van der Waals surface area contributed by atoms with Crippen molar-refractivity contribution in [3.05, 3.63) is 48.0 Å². The molecule has 0 saturated carbocycles. The van der Waals surface area contributed by atoms with E-state index in [2.05, 4.69) is 9.93 Å². The second kappa shape index (κ2) is 8.30. The third kappa shape index (κ3) is 4.71. The highest BCUT2D eigenvalue weighted by atomic mass is 32.2. The van der Waals surface area contributed by atoms with Crippen LogP contribution in [0.5, 0.6) is 17.2 Å². The molecule has 2 aromatic carbocycles. The summed E-state index contributed by atoms with van der Waals surface area (Å²) in [6, 6.07) is 11.6. The Morgan fingerprint density at radius 2 is 1.81 bits per heavy atom. The Kier molecular flexibility index (Phi) is 5.85. The lowest BCUT2D eigenvalue weighted by molar-refractivity contribution is 0.297. The van der Waals surface area contributed by atoms with Crippen LogP contribution in [0.25, 0.3) is 0 Å². The maximum absolute atomic E-state index is 12.4. The molecule has 0 amide bonds. The van der Waals surface area contributed by atoms with Crippen LogP contribution in [0.2, 0.25) is 0 Å². The van der Waals surface area contributed by atoms with E-state index in [0.29, 0.717) is 42.8 Å². The van der Waals surface area contributed by atoms with Crippen molar-refractivity contribution in [1.29, 1.82) is 0 Å². The molecule has 2 aromatic rings. The Morgan fingerprint density at radius 1 is 1.11 bits per heavy atom. The first-order chi connectivity index (χ1) is 13.0. The summed E-state index contributed by atoms with van der Waals surface area (Å²) < 4.78 is 41.4. The number of nitrogens with zero attached hydrogens (tertiary/aromatic N) is 1. The first-order valence-electron chi connectivity index (χ1n) is 8.68. The van der Waals surface area contributed by atoms with Crippen LogP contribution >= 0.6 is 0 Å². The molecule has 1 aliphatic rings. The molecule has 0 bridgehead atoms. The fourth-order valence-electron chi connectivity index (χ4n) is 2.52. The van der Waals surface area contributed by atoms with Crippen molar-refractivity contribution in [1.82, 2.24) is 4.83 Å². The molecule has 1 heterocycles. The lowest BCUT2D eigenvalue weighted by Gasteiger charge is -2.10. The maximum atomic E-state index is 12.4. The van der Waals surface area contributed by atoms with Crippen molar-refractivity contribution in [3.8, 4) is 17.2 Å². The summed E-state index contributed by atoms with van der Waals surface area (Å²) in [6.07, 6.45) is 0.818. The first kappa shape index (κ1) is 19.0. The second-order valence-corrected chi connectivity index (χ2v) is 7.57. The number of benzene rings is 2. The molecule has 0 fully saturated rings. The van der Waals surface area contributed by atoms with Gasteiger partial charge in [-0.25, -0.2) is 0 Å². The topological polar surface area (TPSA) is 86.2 Å². The molecule has 1 aliphatic heterocycles.